The molecule has 0 saturated carbocycles. The van der Waals surface area contributed by atoms with Crippen molar-refractivity contribution in [2.24, 2.45) is 5.92 Å². The number of nitrogens with zero attached hydrogens (tertiary/aromatic N) is 3. The van der Waals surface area contributed by atoms with Gasteiger partial charge in [-0.1, -0.05) is 31.1 Å². The predicted octanol–water partition coefficient (Wildman–Crippen LogP) is 3.61. The molecule has 0 aliphatic rings. The maximum absolute atomic E-state index is 12.4. The molecule has 1 aromatic carbocycles. The van der Waals surface area contributed by atoms with Crippen LogP contribution in [0.1, 0.15) is 31.3 Å². The van der Waals surface area contributed by atoms with Gasteiger partial charge < -0.3 is 15.6 Å². The summed E-state index contributed by atoms with van der Waals surface area (Å²) in [5.74, 6) is 0.804. The van der Waals surface area contributed by atoms with Gasteiger partial charge in [0.2, 0.25) is 17.6 Å². The van der Waals surface area contributed by atoms with Gasteiger partial charge in [0.1, 0.15) is 6.04 Å². The summed E-state index contributed by atoms with van der Waals surface area (Å²) in [5, 5.41) is 6.98. The lowest BCUT2D eigenvalue weighted by atomic mass is 10.0. The first-order valence-corrected chi connectivity index (χ1v) is 8.40. The molecule has 0 spiro atoms. The smallest absolute Gasteiger partial charge is 0.249 e. The third-order valence-electron chi connectivity index (χ3n) is 3.96. The molecule has 2 heterocycles. The number of hydrogen-bond acceptors (Lipinski definition) is 6. The molecule has 0 aliphatic carbocycles. The van der Waals surface area contributed by atoms with Crippen LogP contribution >= 0.6 is 24.8 Å². The topological polar surface area (TPSA) is 107 Å². The van der Waals surface area contributed by atoms with E-state index in [0.717, 1.165) is 11.1 Å². The molecule has 0 bridgehead atoms. The van der Waals surface area contributed by atoms with E-state index in [2.05, 4.69) is 20.4 Å². The van der Waals surface area contributed by atoms with Crippen molar-refractivity contribution in [3.8, 4) is 11.4 Å². The second kappa shape index (κ2) is 10.6. The van der Waals surface area contributed by atoms with Crippen molar-refractivity contribution >= 4 is 36.4 Å². The van der Waals surface area contributed by atoms with Crippen LogP contribution in [0.5, 0.6) is 0 Å². The number of pyridine rings is 1. The van der Waals surface area contributed by atoms with E-state index in [9.17, 15) is 4.79 Å². The Morgan fingerprint density at radius 1 is 1.18 bits per heavy atom. The first-order chi connectivity index (χ1) is 12.5. The SMILES string of the molecule is CC(C)C(NC(=O)Cc1ccc(N)cc1)c1nc(-c2cccnc2)no1.Cl.Cl. The Kier molecular flexibility index (Phi) is 8.88. The van der Waals surface area contributed by atoms with Crippen molar-refractivity contribution < 1.29 is 9.32 Å². The molecule has 0 saturated heterocycles. The summed E-state index contributed by atoms with van der Waals surface area (Å²) in [6, 6.07) is 10.5. The highest BCUT2D eigenvalue weighted by atomic mass is 35.5. The van der Waals surface area contributed by atoms with Gasteiger partial charge in [0.05, 0.1) is 6.42 Å². The third-order valence-corrected chi connectivity index (χ3v) is 3.96. The molecule has 0 fully saturated rings. The van der Waals surface area contributed by atoms with Gasteiger partial charge in [-0.3, -0.25) is 9.78 Å². The van der Waals surface area contributed by atoms with Crippen LogP contribution in [0.4, 0.5) is 5.69 Å². The Morgan fingerprint density at radius 2 is 1.89 bits per heavy atom. The van der Waals surface area contributed by atoms with E-state index in [1.807, 2.05) is 32.0 Å². The molecule has 2 aromatic heterocycles. The number of nitrogen functional groups attached to an aromatic ring is 1. The summed E-state index contributed by atoms with van der Waals surface area (Å²) in [4.78, 5) is 20.9. The van der Waals surface area contributed by atoms with Crippen molar-refractivity contribution in [3.63, 3.8) is 0 Å². The predicted molar refractivity (Wildman–Crippen MR) is 112 cm³/mol. The largest absolute Gasteiger partial charge is 0.399 e. The second-order valence-corrected chi connectivity index (χ2v) is 6.41. The minimum Gasteiger partial charge on any atom is -0.399 e. The number of benzene rings is 1. The molecule has 1 atom stereocenters. The van der Waals surface area contributed by atoms with Gasteiger partial charge in [0.15, 0.2) is 0 Å². The van der Waals surface area contributed by atoms with Crippen LogP contribution in [0.15, 0.2) is 53.3 Å². The number of carbonyl (C=O) groups is 1. The molecule has 1 unspecified atom stereocenters. The fourth-order valence-electron chi connectivity index (χ4n) is 2.53. The molecule has 150 valence electrons. The van der Waals surface area contributed by atoms with Gasteiger partial charge in [-0.25, -0.2) is 0 Å². The summed E-state index contributed by atoms with van der Waals surface area (Å²) in [6.07, 6.45) is 3.60. The van der Waals surface area contributed by atoms with Crippen LogP contribution in [0.25, 0.3) is 11.4 Å². The van der Waals surface area contributed by atoms with E-state index in [-0.39, 0.29) is 49.1 Å². The van der Waals surface area contributed by atoms with Crippen molar-refractivity contribution in [2.45, 2.75) is 26.3 Å². The van der Waals surface area contributed by atoms with Crippen LogP contribution in [-0.2, 0) is 11.2 Å². The quantitative estimate of drug-likeness (QED) is 0.586. The normalized spacial score (nSPS) is 11.2. The van der Waals surface area contributed by atoms with Crippen LogP contribution < -0.4 is 11.1 Å². The number of nitrogens with one attached hydrogen (secondary N) is 1. The van der Waals surface area contributed by atoms with Gasteiger partial charge in [0.25, 0.3) is 0 Å². The molecular weight excluding hydrogens is 401 g/mol. The Labute approximate surface area is 175 Å². The summed E-state index contributed by atoms with van der Waals surface area (Å²) >= 11 is 0. The standard InChI is InChI=1S/C19H21N5O2.2ClH/c1-12(2)17(22-16(25)10-13-5-7-15(20)8-6-13)19-23-18(24-26-19)14-4-3-9-21-11-14;;/h3-9,11-12,17H,10,20H2,1-2H3,(H,22,25);2*1H. The van der Waals surface area contributed by atoms with E-state index < -0.39 is 0 Å². The van der Waals surface area contributed by atoms with Gasteiger partial charge in [-0.15, -0.1) is 24.8 Å². The number of amides is 1. The lowest BCUT2D eigenvalue weighted by molar-refractivity contribution is -0.121. The Bertz CT molecular complexity index is 870. The van der Waals surface area contributed by atoms with E-state index in [1.54, 1.807) is 30.6 Å². The highest BCUT2D eigenvalue weighted by Crippen LogP contribution is 2.23. The molecule has 3 rings (SSSR count). The zero-order valence-electron chi connectivity index (χ0n) is 15.5. The zero-order valence-corrected chi connectivity index (χ0v) is 17.2. The molecular formula is C19H23Cl2N5O2. The summed E-state index contributed by atoms with van der Waals surface area (Å²) in [6.45, 7) is 3.98. The highest BCUT2D eigenvalue weighted by molar-refractivity contribution is 5.85. The fraction of sp³-hybridized carbons (Fsp3) is 0.263. The number of halogens is 2. The first kappa shape index (κ1) is 23.4. The van der Waals surface area contributed by atoms with E-state index in [4.69, 9.17) is 10.3 Å². The van der Waals surface area contributed by atoms with Crippen LogP contribution in [-0.4, -0.2) is 21.0 Å². The Hall–Kier alpha value is -2.64. The van der Waals surface area contributed by atoms with Gasteiger partial charge in [0, 0.05) is 23.6 Å². The zero-order chi connectivity index (χ0) is 18.5. The summed E-state index contributed by atoms with van der Waals surface area (Å²) < 4.78 is 5.39. The maximum atomic E-state index is 12.4. The van der Waals surface area contributed by atoms with Gasteiger partial charge in [-0.05, 0) is 35.7 Å². The number of nitrogens with two attached hydrogens (primary N) is 1. The molecule has 3 aromatic rings. The second-order valence-electron chi connectivity index (χ2n) is 6.41. The first-order valence-electron chi connectivity index (χ1n) is 8.40. The Balaban J connectivity index is 0.00000196. The number of hydrogen-bond donors (Lipinski definition) is 2. The van der Waals surface area contributed by atoms with Crippen molar-refractivity contribution in [1.29, 1.82) is 0 Å². The van der Waals surface area contributed by atoms with E-state index in [0.29, 0.717) is 17.4 Å². The minimum atomic E-state index is -0.366. The molecule has 1 amide bonds. The van der Waals surface area contributed by atoms with E-state index in [1.165, 1.54) is 0 Å². The monoisotopic (exact) mass is 423 g/mol. The summed E-state index contributed by atoms with van der Waals surface area (Å²) in [7, 11) is 0. The average Bonchev–Trinajstić information content (AvgIpc) is 3.12. The number of aromatic nitrogens is 3. The van der Waals surface area contributed by atoms with E-state index >= 15 is 0 Å². The lowest BCUT2D eigenvalue weighted by Crippen LogP contribution is -2.33. The van der Waals surface area contributed by atoms with Crippen LogP contribution in [0.2, 0.25) is 0 Å². The maximum Gasteiger partial charge on any atom is 0.249 e. The van der Waals surface area contributed by atoms with Crippen molar-refractivity contribution in [3.05, 3.63) is 60.2 Å². The molecule has 7 nitrogen and oxygen atoms in total. The van der Waals surface area contributed by atoms with Crippen LogP contribution in [0.3, 0.4) is 0 Å². The lowest BCUT2D eigenvalue weighted by Gasteiger charge is -2.18. The molecule has 28 heavy (non-hydrogen) atoms. The average molecular weight is 424 g/mol. The molecule has 0 aliphatic heterocycles. The molecule has 9 heteroatoms. The fourth-order valence-corrected chi connectivity index (χ4v) is 2.53. The van der Waals surface area contributed by atoms with Crippen molar-refractivity contribution in [1.82, 2.24) is 20.4 Å². The Morgan fingerprint density at radius 3 is 2.50 bits per heavy atom. The van der Waals surface area contributed by atoms with Gasteiger partial charge in [-0.2, -0.15) is 4.98 Å². The molecule has 3 N–H and O–H groups in total. The highest BCUT2D eigenvalue weighted by Gasteiger charge is 2.25. The third kappa shape index (κ3) is 5.94. The number of carbonyl (C=O) groups excluding carboxylic acids is 1. The van der Waals surface area contributed by atoms with Crippen LogP contribution in [0, 0.1) is 5.92 Å². The number of anilines is 1. The minimum absolute atomic E-state index is 0. The molecule has 0 radical (unpaired) electrons. The van der Waals surface area contributed by atoms with Gasteiger partial charge >= 0.3 is 0 Å². The number of rotatable bonds is 6. The van der Waals surface area contributed by atoms with Crippen molar-refractivity contribution in [2.75, 3.05) is 5.73 Å². The summed E-state index contributed by atoms with van der Waals surface area (Å²) in [5.41, 5.74) is 7.99.